The van der Waals surface area contributed by atoms with Crippen LogP contribution >= 0.6 is 0 Å². The van der Waals surface area contributed by atoms with Crippen LogP contribution < -0.4 is 17.0 Å². The first kappa shape index (κ1) is 24.4. The van der Waals surface area contributed by atoms with E-state index in [1.165, 1.54) is 66.1 Å². The van der Waals surface area contributed by atoms with Crippen molar-refractivity contribution >= 4 is 10.2 Å². The molecule has 25 heavy (non-hydrogen) atoms. The zero-order valence-electron chi connectivity index (χ0n) is 16.4. The van der Waals surface area contributed by atoms with Crippen molar-refractivity contribution < 1.29 is 25.4 Å². The summed E-state index contributed by atoms with van der Waals surface area (Å²) in [7, 11) is -0.296. The Balaban J connectivity index is 0.00000576. The predicted octanol–water partition coefficient (Wildman–Crippen LogP) is 0.663. The Morgan fingerprint density at radius 3 is 1.92 bits per heavy atom. The predicted molar refractivity (Wildman–Crippen MR) is 99.2 cm³/mol. The van der Waals surface area contributed by atoms with E-state index in [-0.39, 0.29) is 12.4 Å². The normalized spacial score (nSPS) is 11.7. The van der Waals surface area contributed by atoms with Gasteiger partial charge >= 0.3 is 10.2 Å². The van der Waals surface area contributed by atoms with E-state index in [0.717, 1.165) is 18.8 Å². The Hall–Kier alpha value is -0.590. The van der Waals surface area contributed by atoms with Gasteiger partial charge in [-0.05, 0) is 12.8 Å². The molecule has 0 bridgehead atoms. The molecule has 0 saturated heterocycles. The minimum Gasteiger partial charge on any atom is -1.00 e. The molecule has 1 aromatic heterocycles. The summed E-state index contributed by atoms with van der Waals surface area (Å²) in [6.07, 6.45) is 16.6. The zero-order valence-corrected chi connectivity index (χ0v) is 17.9. The second-order valence-corrected chi connectivity index (χ2v) is 8.83. The summed E-state index contributed by atoms with van der Waals surface area (Å²) in [5, 5.41) is 0. The number of rotatable bonds is 13. The molecule has 1 aromatic rings. The van der Waals surface area contributed by atoms with Gasteiger partial charge in [-0.25, -0.2) is 4.57 Å². The summed E-state index contributed by atoms with van der Waals surface area (Å²) in [5.41, 5.74) is 0. The van der Waals surface area contributed by atoms with Crippen molar-refractivity contribution in [2.45, 2.75) is 84.6 Å². The molecule has 5 nitrogen and oxygen atoms in total. The van der Waals surface area contributed by atoms with Crippen LogP contribution in [-0.2, 0) is 16.8 Å². The van der Waals surface area contributed by atoms with Crippen LogP contribution in [0.1, 0.15) is 77.0 Å². The highest BCUT2D eigenvalue weighted by Crippen LogP contribution is 2.11. The molecular weight excluding hydrogens is 358 g/mol. The molecule has 0 amide bonds. The van der Waals surface area contributed by atoms with E-state index in [1.54, 1.807) is 20.3 Å². The number of nitrogens with zero attached hydrogens (tertiary/aromatic N) is 3. The van der Waals surface area contributed by atoms with Gasteiger partial charge in [0.15, 0.2) is 0 Å². The molecule has 0 atom stereocenters. The maximum absolute atomic E-state index is 12.2. The van der Waals surface area contributed by atoms with Gasteiger partial charge in [-0.3, -0.25) is 0 Å². The summed E-state index contributed by atoms with van der Waals surface area (Å²) in [4.78, 5) is 0. The lowest BCUT2D eigenvalue weighted by Gasteiger charge is -2.08. The van der Waals surface area contributed by atoms with Crippen LogP contribution in [-0.4, -0.2) is 30.8 Å². The Labute approximate surface area is 161 Å². The first-order valence-corrected chi connectivity index (χ1v) is 10.8. The van der Waals surface area contributed by atoms with Gasteiger partial charge in [-0.15, -0.1) is 3.97 Å². The molecular formula is C18H36ClN3O2S. The number of hydrogen-bond donors (Lipinski definition) is 0. The van der Waals surface area contributed by atoms with Crippen LogP contribution in [0.25, 0.3) is 0 Å². The minimum atomic E-state index is -3.41. The largest absolute Gasteiger partial charge is 1.00 e. The number of halogens is 1. The van der Waals surface area contributed by atoms with Crippen molar-refractivity contribution in [3.63, 3.8) is 0 Å². The van der Waals surface area contributed by atoms with E-state index >= 15 is 0 Å². The molecule has 0 saturated carbocycles. The van der Waals surface area contributed by atoms with E-state index in [2.05, 4.69) is 6.92 Å². The van der Waals surface area contributed by atoms with Gasteiger partial charge < -0.3 is 12.4 Å². The van der Waals surface area contributed by atoms with Crippen molar-refractivity contribution in [2.75, 3.05) is 14.1 Å². The SMILES string of the molecule is CCCCCCCCCCCC[n+]1ccn(S(=O)(=O)N(C)C)c1C.[Cl-]. The standard InChI is InChI=1S/C18H36N3O2S.ClH/c1-5-6-7-8-9-10-11-12-13-14-15-20-16-17-21(18(20)2)24(22,23)19(3)4;/h16-17H,5-15H2,1-4H3;1H/q+1;/p-1. The molecule has 0 aromatic carbocycles. The topological polar surface area (TPSA) is 46.2 Å². The maximum Gasteiger partial charge on any atom is 0.379 e. The summed E-state index contributed by atoms with van der Waals surface area (Å²) in [6, 6.07) is 0. The van der Waals surface area contributed by atoms with Crippen molar-refractivity contribution in [1.29, 1.82) is 0 Å². The van der Waals surface area contributed by atoms with Crippen molar-refractivity contribution in [2.24, 2.45) is 0 Å². The highest BCUT2D eigenvalue weighted by atomic mass is 35.5. The van der Waals surface area contributed by atoms with Crippen LogP contribution in [0.5, 0.6) is 0 Å². The number of aromatic nitrogens is 2. The molecule has 0 radical (unpaired) electrons. The zero-order chi connectivity index (χ0) is 18.0. The lowest BCUT2D eigenvalue weighted by molar-refractivity contribution is -0.702. The second-order valence-electron chi connectivity index (χ2n) is 6.81. The van der Waals surface area contributed by atoms with Crippen LogP contribution in [0.15, 0.2) is 12.4 Å². The van der Waals surface area contributed by atoms with Crippen LogP contribution in [0, 0.1) is 6.92 Å². The first-order valence-electron chi connectivity index (χ1n) is 9.41. The molecule has 1 heterocycles. The Morgan fingerprint density at radius 2 is 1.44 bits per heavy atom. The highest BCUT2D eigenvalue weighted by Gasteiger charge is 2.26. The average Bonchev–Trinajstić information content (AvgIpc) is 2.90. The molecule has 0 aliphatic rings. The van der Waals surface area contributed by atoms with Crippen molar-refractivity contribution in [3.8, 4) is 0 Å². The molecule has 0 aliphatic carbocycles. The highest BCUT2D eigenvalue weighted by molar-refractivity contribution is 7.87. The van der Waals surface area contributed by atoms with Crippen LogP contribution in [0.2, 0.25) is 0 Å². The molecule has 0 unspecified atom stereocenters. The summed E-state index contributed by atoms with van der Waals surface area (Å²) >= 11 is 0. The Bertz CT molecular complexity index is 571. The Kier molecular flexibility index (Phi) is 12.4. The van der Waals surface area contributed by atoms with Gasteiger partial charge in [0.2, 0.25) is 0 Å². The van der Waals surface area contributed by atoms with E-state index in [1.807, 2.05) is 17.7 Å². The molecule has 148 valence electrons. The molecule has 0 spiro atoms. The lowest BCUT2D eigenvalue weighted by Crippen LogP contribution is -3.00. The molecule has 1 rings (SSSR count). The second kappa shape index (κ2) is 12.7. The molecule has 0 N–H and O–H groups in total. The fourth-order valence-electron chi connectivity index (χ4n) is 2.91. The van der Waals surface area contributed by atoms with Gasteiger partial charge in [0.05, 0.1) is 6.54 Å². The quantitative estimate of drug-likeness (QED) is 0.365. The van der Waals surface area contributed by atoms with E-state index in [4.69, 9.17) is 0 Å². The third-order valence-corrected chi connectivity index (χ3v) is 6.39. The van der Waals surface area contributed by atoms with E-state index in [0.29, 0.717) is 0 Å². The van der Waals surface area contributed by atoms with Gasteiger partial charge in [0.1, 0.15) is 12.4 Å². The average molecular weight is 394 g/mol. The van der Waals surface area contributed by atoms with E-state index in [9.17, 15) is 8.42 Å². The monoisotopic (exact) mass is 393 g/mol. The number of imidazole rings is 1. The number of hydrogen-bond acceptors (Lipinski definition) is 2. The maximum atomic E-state index is 12.2. The van der Waals surface area contributed by atoms with Crippen molar-refractivity contribution in [3.05, 3.63) is 18.2 Å². The molecule has 0 fully saturated rings. The fourth-order valence-corrected chi connectivity index (χ4v) is 3.91. The summed E-state index contributed by atoms with van der Waals surface area (Å²) < 4.78 is 29.0. The first-order chi connectivity index (χ1) is 11.4. The van der Waals surface area contributed by atoms with Crippen molar-refractivity contribution in [1.82, 2.24) is 8.28 Å². The summed E-state index contributed by atoms with van der Waals surface area (Å²) in [5.74, 6) is 0.764. The number of unbranched alkanes of at least 4 members (excludes halogenated alkanes) is 9. The van der Waals surface area contributed by atoms with Gasteiger partial charge in [0.25, 0.3) is 5.82 Å². The Morgan fingerprint density at radius 1 is 0.960 bits per heavy atom. The third-order valence-electron chi connectivity index (χ3n) is 4.58. The van der Waals surface area contributed by atoms with Crippen LogP contribution in [0.4, 0.5) is 0 Å². The smallest absolute Gasteiger partial charge is 0.379 e. The fraction of sp³-hybridized carbons (Fsp3) is 0.833. The van der Waals surface area contributed by atoms with Gasteiger partial charge in [0, 0.05) is 21.0 Å². The molecule has 0 aliphatic heterocycles. The number of aryl methyl sites for hydroxylation is 1. The summed E-state index contributed by atoms with van der Waals surface area (Å²) in [6.45, 7) is 5.00. The lowest BCUT2D eigenvalue weighted by atomic mass is 10.1. The van der Waals surface area contributed by atoms with Crippen LogP contribution in [0.3, 0.4) is 0 Å². The third kappa shape index (κ3) is 8.09. The van der Waals surface area contributed by atoms with E-state index < -0.39 is 10.2 Å². The molecule has 7 heteroatoms. The van der Waals surface area contributed by atoms with Gasteiger partial charge in [-0.1, -0.05) is 58.3 Å². The minimum absolute atomic E-state index is 0. The van der Waals surface area contributed by atoms with Gasteiger partial charge in [-0.2, -0.15) is 12.7 Å².